The molecule has 29 heavy (non-hydrogen) atoms. The van der Waals surface area contributed by atoms with Crippen molar-refractivity contribution < 1.29 is 28.5 Å². The molecule has 0 fully saturated rings. The number of aryl methyl sites for hydroxylation is 2. The summed E-state index contributed by atoms with van der Waals surface area (Å²) in [5.74, 6) is 0.0721. The molecule has 1 atom stereocenters. The molecule has 2 aromatic carbocycles. The molecule has 6 heteroatoms. The predicted molar refractivity (Wildman–Crippen MR) is 105 cm³/mol. The minimum atomic E-state index is -1.28. The summed E-state index contributed by atoms with van der Waals surface area (Å²) in [6.07, 6.45) is 1.50. The van der Waals surface area contributed by atoms with Gasteiger partial charge in [-0.25, -0.2) is 4.79 Å². The first-order valence-electron chi connectivity index (χ1n) is 9.11. The molecule has 1 aromatic heterocycles. The Hall–Kier alpha value is -3.67. The summed E-state index contributed by atoms with van der Waals surface area (Å²) in [5.41, 5.74) is 1.08. The second kappa shape index (κ2) is 7.39. The van der Waals surface area contributed by atoms with Crippen LogP contribution in [0.3, 0.4) is 0 Å². The zero-order valence-corrected chi connectivity index (χ0v) is 16.0. The van der Waals surface area contributed by atoms with Crippen LogP contribution in [0, 0.1) is 13.8 Å². The van der Waals surface area contributed by atoms with Gasteiger partial charge >= 0.3 is 5.97 Å². The van der Waals surface area contributed by atoms with Gasteiger partial charge in [-0.2, -0.15) is 0 Å². The maximum Gasteiger partial charge on any atom is 0.371 e. The van der Waals surface area contributed by atoms with E-state index in [2.05, 4.69) is 0 Å². The first-order chi connectivity index (χ1) is 14.0. The van der Waals surface area contributed by atoms with Crippen LogP contribution in [0.15, 0.2) is 77.1 Å². The van der Waals surface area contributed by atoms with Crippen LogP contribution in [-0.4, -0.2) is 17.9 Å². The SMILES string of the molecule is Cc1ccc(C(Oc2ccccc2)(C2=COCO2)c2cc(C(=O)O)oc2C)cc1. The van der Waals surface area contributed by atoms with E-state index in [9.17, 15) is 9.90 Å². The Labute approximate surface area is 167 Å². The highest BCUT2D eigenvalue weighted by Gasteiger charge is 2.47. The van der Waals surface area contributed by atoms with Crippen LogP contribution >= 0.6 is 0 Å². The lowest BCUT2D eigenvalue weighted by atomic mass is 9.83. The van der Waals surface area contributed by atoms with E-state index in [0.717, 1.165) is 11.1 Å². The summed E-state index contributed by atoms with van der Waals surface area (Å²) in [6, 6.07) is 18.5. The van der Waals surface area contributed by atoms with E-state index in [1.165, 1.54) is 12.3 Å². The molecule has 1 unspecified atom stereocenters. The van der Waals surface area contributed by atoms with Gasteiger partial charge in [0.1, 0.15) is 17.8 Å². The lowest BCUT2D eigenvalue weighted by Gasteiger charge is -2.34. The molecule has 1 N–H and O–H groups in total. The zero-order chi connectivity index (χ0) is 20.4. The summed E-state index contributed by atoms with van der Waals surface area (Å²) >= 11 is 0. The maximum atomic E-state index is 11.5. The molecular weight excluding hydrogens is 372 g/mol. The maximum absolute atomic E-state index is 11.5. The first kappa shape index (κ1) is 18.7. The molecule has 0 spiro atoms. The van der Waals surface area contributed by atoms with Gasteiger partial charge in [0.15, 0.2) is 5.76 Å². The third-order valence-corrected chi connectivity index (χ3v) is 4.80. The van der Waals surface area contributed by atoms with Crippen LogP contribution in [0.1, 0.15) is 33.0 Å². The number of rotatable bonds is 6. The van der Waals surface area contributed by atoms with E-state index in [1.54, 1.807) is 6.92 Å². The van der Waals surface area contributed by atoms with Gasteiger partial charge in [-0.3, -0.25) is 0 Å². The molecular formula is C23H20O6. The number of hydrogen-bond donors (Lipinski definition) is 1. The summed E-state index contributed by atoms with van der Waals surface area (Å²) in [7, 11) is 0. The summed E-state index contributed by atoms with van der Waals surface area (Å²) in [5, 5.41) is 9.45. The van der Waals surface area contributed by atoms with Crippen molar-refractivity contribution in [1.82, 2.24) is 0 Å². The van der Waals surface area contributed by atoms with Crippen LogP contribution in [0.25, 0.3) is 0 Å². The van der Waals surface area contributed by atoms with Gasteiger partial charge in [-0.05, 0) is 32.0 Å². The average molecular weight is 392 g/mol. The molecule has 0 amide bonds. The molecule has 148 valence electrons. The molecule has 0 bridgehead atoms. The second-order valence-corrected chi connectivity index (χ2v) is 6.76. The zero-order valence-electron chi connectivity index (χ0n) is 16.0. The minimum Gasteiger partial charge on any atom is -0.475 e. The molecule has 2 heterocycles. The van der Waals surface area contributed by atoms with Crippen molar-refractivity contribution in [2.75, 3.05) is 6.79 Å². The van der Waals surface area contributed by atoms with Crippen molar-refractivity contribution >= 4 is 5.97 Å². The van der Waals surface area contributed by atoms with E-state index in [4.69, 9.17) is 18.6 Å². The Bertz CT molecular complexity index is 1050. The minimum absolute atomic E-state index is 0.0454. The van der Waals surface area contributed by atoms with Crippen LogP contribution in [-0.2, 0) is 15.1 Å². The quantitative estimate of drug-likeness (QED) is 0.651. The number of ether oxygens (including phenoxy) is 3. The number of aromatic carboxylic acids is 1. The lowest BCUT2D eigenvalue weighted by Crippen LogP contribution is -2.37. The Balaban J connectivity index is 2.00. The fraction of sp³-hybridized carbons (Fsp3) is 0.174. The predicted octanol–water partition coefficient (Wildman–Crippen LogP) is 4.76. The highest BCUT2D eigenvalue weighted by Crippen LogP contribution is 2.45. The Morgan fingerprint density at radius 2 is 1.79 bits per heavy atom. The third kappa shape index (κ3) is 3.33. The Kier molecular flexibility index (Phi) is 4.76. The highest BCUT2D eigenvalue weighted by molar-refractivity contribution is 5.85. The molecule has 1 aliphatic heterocycles. The van der Waals surface area contributed by atoms with Crippen molar-refractivity contribution in [2.24, 2.45) is 0 Å². The lowest BCUT2D eigenvalue weighted by molar-refractivity contribution is 0.0282. The van der Waals surface area contributed by atoms with E-state index in [-0.39, 0.29) is 12.6 Å². The highest BCUT2D eigenvalue weighted by atomic mass is 16.7. The molecule has 4 rings (SSSR count). The smallest absolute Gasteiger partial charge is 0.371 e. The molecule has 1 aliphatic rings. The fourth-order valence-corrected chi connectivity index (χ4v) is 3.41. The van der Waals surface area contributed by atoms with Gasteiger partial charge in [0.05, 0.1) is 0 Å². The van der Waals surface area contributed by atoms with Crippen LogP contribution in [0.5, 0.6) is 5.75 Å². The summed E-state index contributed by atoms with van der Waals surface area (Å²) < 4.78 is 23.2. The van der Waals surface area contributed by atoms with Crippen molar-refractivity contribution in [3.8, 4) is 5.75 Å². The number of carboxylic acids is 1. The number of carbonyl (C=O) groups is 1. The van der Waals surface area contributed by atoms with Gasteiger partial charge in [-0.15, -0.1) is 0 Å². The number of furan rings is 1. The van der Waals surface area contributed by atoms with Gasteiger partial charge in [-0.1, -0.05) is 48.0 Å². The third-order valence-electron chi connectivity index (χ3n) is 4.80. The van der Waals surface area contributed by atoms with E-state index < -0.39 is 11.6 Å². The molecule has 0 radical (unpaired) electrons. The van der Waals surface area contributed by atoms with Crippen LogP contribution in [0.4, 0.5) is 0 Å². The summed E-state index contributed by atoms with van der Waals surface area (Å²) in [4.78, 5) is 11.5. The monoisotopic (exact) mass is 392 g/mol. The normalized spacial score (nSPS) is 15.0. The van der Waals surface area contributed by atoms with Crippen molar-refractivity contribution in [3.63, 3.8) is 0 Å². The fourth-order valence-electron chi connectivity index (χ4n) is 3.41. The van der Waals surface area contributed by atoms with Crippen LogP contribution < -0.4 is 4.74 Å². The Morgan fingerprint density at radius 1 is 1.07 bits per heavy atom. The largest absolute Gasteiger partial charge is 0.475 e. The molecule has 0 saturated heterocycles. The van der Waals surface area contributed by atoms with Crippen molar-refractivity contribution in [3.05, 3.63) is 101 Å². The standard InChI is InChI=1S/C23H20O6/c1-15-8-10-17(11-9-15)23(21-13-26-14-27-21,29-18-6-4-3-5-7-18)19-12-20(22(24)25)28-16(19)2/h3-13H,14H2,1-2H3,(H,24,25). The average Bonchev–Trinajstić information content (AvgIpc) is 3.38. The van der Waals surface area contributed by atoms with Gasteiger partial charge in [0.25, 0.3) is 0 Å². The van der Waals surface area contributed by atoms with E-state index in [0.29, 0.717) is 22.8 Å². The van der Waals surface area contributed by atoms with Gasteiger partial charge in [0, 0.05) is 11.1 Å². The van der Waals surface area contributed by atoms with Crippen molar-refractivity contribution in [2.45, 2.75) is 19.4 Å². The second-order valence-electron chi connectivity index (χ2n) is 6.76. The Morgan fingerprint density at radius 3 is 2.38 bits per heavy atom. The molecule has 3 aromatic rings. The molecule has 6 nitrogen and oxygen atoms in total. The van der Waals surface area contributed by atoms with Gasteiger partial charge < -0.3 is 23.7 Å². The first-order valence-corrected chi connectivity index (χ1v) is 9.11. The van der Waals surface area contributed by atoms with Crippen LogP contribution in [0.2, 0.25) is 0 Å². The van der Waals surface area contributed by atoms with Crippen molar-refractivity contribution in [1.29, 1.82) is 0 Å². The molecule has 0 saturated carbocycles. The topological polar surface area (TPSA) is 78.1 Å². The molecule has 0 aliphatic carbocycles. The number of carboxylic acid groups (broad SMARTS) is 1. The van der Waals surface area contributed by atoms with E-state index >= 15 is 0 Å². The van der Waals surface area contributed by atoms with Gasteiger partial charge in [0.2, 0.25) is 18.2 Å². The number of hydrogen-bond acceptors (Lipinski definition) is 5. The van der Waals surface area contributed by atoms with E-state index in [1.807, 2.05) is 61.5 Å². The number of para-hydroxylation sites is 1. The number of benzene rings is 2. The summed E-state index contributed by atoms with van der Waals surface area (Å²) in [6.45, 7) is 3.74.